The molecule has 25 heavy (non-hydrogen) atoms. The lowest BCUT2D eigenvalue weighted by atomic mass is 10.1. The molecule has 0 atom stereocenters. The highest BCUT2D eigenvalue weighted by molar-refractivity contribution is 7.99. The average molecular weight is 375 g/mol. The van der Waals surface area contributed by atoms with E-state index < -0.39 is 12.6 Å². The molecule has 0 amide bonds. The summed E-state index contributed by atoms with van der Waals surface area (Å²) in [7, 11) is 0. The smallest absolute Gasteiger partial charge is 0.341 e. The van der Waals surface area contributed by atoms with Crippen LogP contribution in [0.25, 0.3) is 0 Å². The van der Waals surface area contributed by atoms with Gasteiger partial charge in [-0.3, -0.25) is 0 Å². The van der Waals surface area contributed by atoms with Crippen molar-refractivity contribution >= 4 is 29.3 Å². The number of rotatable bonds is 5. The maximum atomic E-state index is 10.7. The molecule has 5 heteroatoms. The van der Waals surface area contributed by atoms with E-state index in [2.05, 4.69) is 43.9 Å². The lowest BCUT2D eigenvalue weighted by Gasteiger charge is -2.07. The van der Waals surface area contributed by atoms with Crippen LogP contribution >= 0.6 is 23.4 Å². The molecule has 0 bridgehead atoms. The Morgan fingerprint density at radius 3 is 2.60 bits per heavy atom. The summed E-state index contributed by atoms with van der Waals surface area (Å²) in [4.78, 5) is 11.9. The first kappa shape index (κ1) is 19.2. The van der Waals surface area contributed by atoms with Gasteiger partial charge in [-0.2, -0.15) is 0 Å². The maximum absolute atomic E-state index is 10.7. The summed E-state index contributed by atoms with van der Waals surface area (Å²) in [6, 6.07) is 11.2. The zero-order valence-electron chi connectivity index (χ0n) is 14.3. The van der Waals surface area contributed by atoms with Crippen LogP contribution in [0.5, 0.6) is 5.75 Å². The first-order valence-electron chi connectivity index (χ1n) is 7.78. The van der Waals surface area contributed by atoms with Crippen LogP contribution in [0.4, 0.5) is 0 Å². The Bertz CT molecular complexity index is 835. The summed E-state index contributed by atoms with van der Waals surface area (Å²) in [5, 5.41) is 9.79. The first-order valence-corrected chi connectivity index (χ1v) is 9.04. The van der Waals surface area contributed by atoms with Gasteiger partial charge in [0.2, 0.25) is 0 Å². The monoisotopic (exact) mass is 374 g/mol. The van der Waals surface area contributed by atoms with E-state index in [9.17, 15) is 4.79 Å². The molecule has 1 N–H and O–H groups in total. The van der Waals surface area contributed by atoms with Gasteiger partial charge in [-0.25, -0.2) is 4.79 Å². The van der Waals surface area contributed by atoms with Gasteiger partial charge in [0.15, 0.2) is 6.61 Å². The van der Waals surface area contributed by atoms with Crippen LogP contribution in [0.3, 0.4) is 0 Å². The first-order chi connectivity index (χ1) is 11.8. The Morgan fingerprint density at radius 1 is 1.20 bits per heavy atom. The Kier molecular flexibility index (Phi) is 6.81. The second kappa shape index (κ2) is 8.84. The van der Waals surface area contributed by atoms with Gasteiger partial charge in [0.1, 0.15) is 5.75 Å². The number of carboxylic acid groups (broad SMARTS) is 1. The van der Waals surface area contributed by atoms with Gasteiger partial charge in [-0.15, -0.1) is 11.8 Å². The fourth-order valence-electron chi connectivity index (χ4n) is 2.08. The molecular weight excluding hydrogens is 356 g/mol. The van der Waals surface area contributed by atoms with Crippen molar-refractivity contribution in [3.8, 4) is 17.6 Å². The summed E-state index contributed by atoms with van der Waals surface area (Å²) in [6.45, 7) is 5.88. The Balaban J connectivity index is 2.34. The number of carboxylic acids is 1. The zero-order chi connectivity index (χ0) is 18.4. The van der Waals surface area contributed by atoms with Gasteiger partial charge in [0, 0.05) is 20.7 Å². The molecule has 2 rings (SSSR count). The number of thioether (sulfide) groups is 1. The van der Waals surface area contributed by atoms with Crippen molar-refractivity contribution in [2.45, 2.75) is 30.9 Å². The molecule has 0 saturated carbocycles. The molecule has 2 aromatic rings. The van der Waals surface area contributed by atoms with Crippen molar-refractivity contribution in [1.82, 2.24) is 0 Å². The Morgan fingerprint density at radius 2 is 1.92 bits per heavy atom. The second-order valence-electron chi connectivity index (χ2n) is 5.72. The molecule has 0 aliphatic rings. The summed E-state index contributed by atoms with van der Waals surface area (Å²) in [5.74, 6) is 5.57. The van der Waals surface area contributed by atoms with Crippen LogP contribution in [-0.4, -0.2) is 22.9 Å². The predicted octanol–water partition coefficient (Wildman–Crippen LogP) is 5.01. The zero-order valence-corrected chi connectivity index (χ0v) is 15.9. The lowest BCUT2D eigenvalue weighted by molar-refractivity contribution is -0.139. The highest BCUT2D eigenvalue weighted by Crippen LogP contribution is 2.26. The third kappa shape index (κ3) is 6.04. The quantitative estimate of drug-likeness (QED) is 0.590. The third-order valence-corrected chi connectivity index (χ3v) is 4.44. The number of ether oxygens (including phenoxy) is 1. The summed E-state index contributed by atoms with van der Waals surface area (Å²) < 4.78 is 5.28. The van der Waals surface area contributed by atoms with Crippen LogP contribution in [0.2, 0.25) is 5.02 Å². The molecule has 0 aromatic heterocycles. The molecule has 0 radical (unpaired) electrons. The minimum Gasteiger partial charge on any atom is -0.481 e. The van der Waals surface area contributed by atoms with E-state index >= 15 is 0 Å². The van der Waals surface area contributed by atoms with E-state index in [0.717, 1.165) is 11.1 Å². The molecule has 0 aliphatic carbocycles. The van der Waals surface area contributed by atoms with E-state index in [0.29, 0.717) is 21.6 Å². The van der Waals surface area contributed by atoms with Crippen molar-refractivity contribution in [2.24, 2.45) is 0 Å². The minimum atomic E-state index is -1.04. The molecule has 130 valence electrons. The molecule has 0 saturated heterocycles. The number of aliphatic carboxylic acids is 1. The van der Waals surface area contributed by atoms with Gasteiger partial charge >= 0.3 is 5.97 Å². The van der Waals surface area contributed by atoms with Crippen molar-refractivity contribution in [2.75, 3.05) is 6.61 Å². The van der Waals surface area contributed by atoms with Gasteiger partial charge < -0.3 is 9.84 Å². The topological polar surface area (TPSA) is 46.5 Å². The molecule has 0 fully saturated rings. The van der Waals surface area contributed by atoms with Crippen molar-refractivity contribution in [1.29, 1.82) is 0 Å². The van der Waals surface area contributed by atoms with Crippen molar-refractivity contribution < 1.29 is 14.6 Å². The molecule has 2 aromatic carbocycles. The van der Waals surface area contributed by atoms with Gasteiger partial charge in [-0.1, -0.05) is 43.4 Å². The summed E-state index contributed by atoms with van der Waals surface area (Å²) in [6.07, 6.45) is 0. The number of aryl methyl sites for hydroxylation is 1. The summed E-state index contributed by atoms with van der Waals surface area (Å²) >= 11 is 7.81. The number of carbonyl (C=O) groups is 1. The van der Waals surface area contributed by atoms with Gasteiger partial charge in [-0.05, 0) is 42.8 Å². The third-order valence-electron chi connectivity index (χ3n) is 3.21. The van der Waals surface area contributed by atoms with E-state index in [-0.39, 0.29) is 0 Å². The largest absolute Gasteiger partial charge is 0.481 e. The fourth-order valence-corrected chi connectivity index (χ4v) is 3.13. The summed E-state index contributed by atoms with van der Waals surface area (Å²) in [5.41, 5.74) is 2.57. The van der Waals surface area contributed by atoms with E-state index in [1.54, 1.807) is 30.0 Å². The van der Waals surface area contributed by atoms with Crippen LogP contribution in [0.1, 0.15) is 30.5 Å². The van der Waals surface area contributed by atoms with Crippen molar-refractivity contribution in [3.63, 3.8) is 0 Å². The van der Waals surface area contributed by atoms with Crippen molar-refractivity contribution in [3.05, 3.63) is 58.1 Å². The van der Waals surface area contributed by atoms with Crippen LogP contribution < -0.4 is 4.74 Å². The Hall–Kier alpha value is -2.09. The number of hydrogen-bond acceptors (Lipinski definition) is 3. The maximum Gasteiger partial charge on any atom is 0.341 e. The van der Waals surface area contributed by atoms with E-state index in [1.807, 2.05) is 6.92 Å². The highest BCUT2D eigenvalue weighted by Gasteiger charge is 2.06. The van der Waals surface area contributed by atoms with Crippen LogP contribution in [0, 0.1) is 18.8 Å². The highest BCUT2D eigenvalue weighted by atomic mass is 35.5. The number of halogens is 1. The van der Waals surface area contributed by atoms with E-state index in [1.165, 1.54) is 4.90 Å². The molecule has 0 aliphatic heterocycles. The SMILES string of the molecule is Cc1ccc(SC(C)C)cc1C#Cc1cc(Cl)ccc1OCC(=O)O. The molecule has 3 nitrogen and oxygen atoms in total. The normalized spacial score (nSPS) is 10.3. The standard InChI is InChI=1S/C20H19ClO3S/c1-13(2)25-18-8-4-14(3)15(11-18)5-6-16-10-17(21)7-9-19(16)24-12-20(22)23/h4,7-11,13H,12H2,1-3H3,(H,22,23). The number of hydrogen-bond donors (Lipinski definition) is 1. The Labute approximate surface area is 157 Å². The van der Waals surface area contributed by atoms with Gasteiger partial charge in [0.05, 0.1) is 5.56 Å². The molecule has 0 heterocycles. The average Bonchev–Trinajstić information content (AvgIpc) is 2.53. The fraction of sp³-hybridized carbons (Fsp3) is 0.250. The second-order valence-corrected chi connectivity index (χ2v) is 7.80. The molecular formula is C20H19ClO3S. The lowest BCUT2D eigenvalue weighted by Crippen LogP contribution is -2.10. The van der Waals surface area contributed by atoms with Crippen LogP contribution in [0.15, 0.2) is 41.3 Å². The molecule has 0 unspecified atom stereocenters. The predicted molar refractivity (Wildman–Crippen MR) is 103 cm³/mol. The minimum absolute atomic E-state index is 0.407. The van der Waals surface area contributed by atoms with E-state index in [4.69, 9.17) is 21.4 Å². The van der Waals surface area contributed by atoms with Gasteiger partial charge in [0.25, 0.3) is 0 Å². The molecule has 0 spiro atoms. The number of benzene rings is 2. The van der Waals surface area contributed by atoms with Crippen LogP contribution in [-0.2, 0) is 4.79 Å².